The van der Waals surface area contributed by atoms with Crippen molar-refractivity contribution in [2.24, 2.45) is 0 Å². The summed E-state index contributed by atoms with van der Waals surface area (Å²) in [5, 5.41) is 3.85. The highest BCUT2D eigenvalue weighted by Crippen LogP contribution is 2.37. The van der Waals surface area contributed by atoms with Crippen LogP contribution in [0.2, 0.25) is 0 Å². The van der Waals surface area contributed by atoms with E-state index in [-0.39, 0.29) is 0 Å². The predicted octanol–water partition coefficient (Wildman–Crippen LogP) is 4.34. The summed E-state index contributed by atoms with van der Waals surface area (Å²) in [4.78, 5) is 2.89. The predicted molar refractivity (Wildman–Crippen MR) is 88.2 cm³/mol. The zero-order valence-electron chi connectivity index (χ0n) is 13.9. The number of hydrogen-bond acceptors (Lipinski definition) is 2. The van der Waals surface area contributed by atoms with E-state index >= 15 is 0 Å². The van der Waals surface area contributed by atoms with E-state index in [0.29, 0.717) is 5.54 Å². The van der Waals surface area contributed by atoms with Gasteiger partial charge in [0, 0.05) is 24.7 Å². The first-order valence-corrected chi connectivity index (χ1v) is 9.29. The Morgan fingerprint density at radius 1 is 1.00 bits per heavy atom. The maximum atomic E-state index is 3.85. The lowest BCUT2D eigenvalue weighted by atomic mass is 9.89. The molecule has 2 heteroatoms. The highest BCUT2D eigenvalue weighted by Gasteiger charge is 2.42. The van der Waals surface area contributed by atoms with E-state index in [1.165, 1.54) is 90.3 Å². The molecule has 1 heterocycles. The van der Waals surface area contributed by atoms with Crippen LogP contribution in [0, 0.1) is 0 Å². The van der Waals surface area contributed by atoms with Crippen molar-refractivity contribution in [2.75, 3.05) is 19.6 Å². The minimum atomic E-state index is 0.537. The molecule has 1 atom stereocenters. The number of hydrogen-bond donors (Lipinski definition) is 1. The molecule has 1 N–H and O–H groups in total. The molecule has 1 aliphatic heterocycles. The topological polar surface area (TPSA) is 15.3 Å². The number of nitrogens with zero attached hydrogens (tertiary/aromatic N) is 1. The maximum absolute atomic E-state index is 3.85. The van der Waals surface area contributed by atoms with Crippen LogP contribution in [-0.4, -0.2) is 36.1 Å². The van der Waals surface area contributed by atoms with Crippen LogP contribution in [0.3, 0.4) is 0 Å². The fourth-order valence-corrected chi connectivity index (χ4v) is 4.27. The fraction of sp³-hybridized carbons (Fsp3) is 1.00. The minimum absolute atomic E-state index is 0.537. The summed E-state index contributed by atoms with van der Waals surface area (Å²) in [6.45, 7) is 8.54. The van der Waals surface area contributed by atoms with Gasteiger partial charge in [-0.05, 0) is 32.2 Å². The number of rotatable bonds is 8. The summed E-state index contributed by atoms with van der Waals surface area (Å²) in [6, 6.07) is 0.752. The van der Waals surface area contributed by atoms with Gasteiger partial charge in [-0.1, -0.05) is 58.8 Å². The quantitative estimate of drug-likeness (QED) is 0.665. The van der Waals surface area contributed by atoms with E-state index < -0.39 is 0 Å². The molecule has 1 saturated carbocycles. The number of unbranched alkanes of at least 4 members (excludes halogenated alkanes) is 4. The van der Waals surface area contributed by atoms with E-state index in [0.717, 1.165) is 6.04 Å². The van der Waals surface area contributed by atoms with Gasteiger partial charge in [0.15, 0.2) is 0 Å². The molecule has 118 valence electrons. The van der Waals surface area contributed by atoms with Gasteiger partial charge < -0.3 is 5.32 Å². The van der Waals surface area contributed by atoms with Gasteiger partial charge in [0.1, 0.15) is 0 Å². The Balaban J connectivity index is 1.82. The van der Waals surface area contributed by atoms with Crippen LogP contribution in [0.5, 0.6) is 0 Å². The SMILES string of the molecule is CCCCCCCN1CC(CCC)NCC12CCCC2. The molecule has 2 nitrogen and oxygen atoms in total. The molecule has 2 fully saturated rings. The Labute approximate surface area is 126 Å². The Kier molecular flexibility index (Phi) is 6.83. The minimum Gasteiger partial charge on any atom is -0.311 e. The van der Waals surface area contributed by atoms with Crippen LogP contribution in [0.4, 0.5) is 0 Å². The molecule has 0 aromatic rings. The van der Waals surface area contributed by atoms with Crippen molar-refractivity contribution < 1.29 is 0 Å². The first-order valence-electron chi connectivity index (χ1n) is 9.29. The fourth-order valence-electron chi connectivity index (χ4n) is 4.27. The molecule has 2 rings (SSSR count). The van der Waals surface area contributed by atoms with Gasteiger partial charge in [-0.2, -0.15) is 0 Å². The van der Waals surface area contributed by atoms with Gasteiger partial charge >= 0.3 is 0 Å². The first-order chi connectivity index (χ1) is 9.80. The third-order valence-corrected chi connectivity index (χ3v) is 5.53. The van der Waals surface area contributed by atoms with Gasteiger partial charge in [0.2, 0.25) is 0 Å². The summed E-state index contributed by atoms with van der Waals surface area (Å²) in [5.41, 5.74) is 0.537. The Morgan fingerprint density at radius 3 is 2.45 bits per heavy atom. The summed E-state index contributed by atoms with van der Waals surface area (Å²) < 4.78 is 0. The van der Waals surface area contributed by atoms with Gasteiger partial charge in [0.05, 0.1) is 0 Å². The molecule has 0 radical (unpaired) electrons. The second-order valence-electron chi connectivity index (χ2n) is 7.16. The third kappa shape index (κ3) is 4.21. The van der Waals surface area contributed by atoms with Crippen molar-refractivity contribution in [3.8, 4) is 0 Å². The zero-order chi connectivity index (χ0) is 14.3. The van der Waals surface area contributed by atoms with E-state index in [4.69, 9.17) is 0 Å². The lowest BCUT2D eigenvalue weighted by molar-refractivity contribution is 0.0395. The highest BCUT2D eigenvalue weighted by atomic mass is 15.3. The van der Waals surface area contributed by atoms with Crippen LogP contribution in [0.25, 0.3) is 0 Å². The highest BCUT2D eigenvalue weighted by molar-refractivity contribution is 5.01. The smallest absolute Gasteiger partial charge is 0.0334 e. The summed E-state index contributed by atoms with van der Waals surface area (Å²) in [6.07, 6.45) is 15.5. The zero-order valence-corrected chi connectivity index (χ0v) is 13.9. The van der Waals surface area contributed by atoms with E-state index in [9.17, 15) is 0 Å². The van der Waals surface area contributed by atoms with Crippen LogP contribution in [0.15, 0.2) is 0 Å². The average Bonchev–Trinajstić information content (AvgIpc) is 2.92. The molecule has 1 aliphatic carbocycles. The molecular weight excluding hydrogens is 244 g/mol. The molecule has 0 aromatic carbocycles. The second-order valence-corrected chi connectivity index (χ2v) is 7.16. The van der Waals surface area contributed by atoms with Crippen molar-refractivity contribution >= 4 is 0 Å². The summed E-state index contributed by atoms with van der Waals surface area (Å²) >= 11 is 0. The lowest BCUT2D eigenvalue weighted by Crippen LogP contribution is -2.63. The van der Waals surface area contributed by atoms with Crippen LogP contribution in [-0.2, 0) is 0 Å². The maximum Gasteiger partial charge on any atom is 0.0334 e. The van der Waals surface area contributed by atoms with Crippen molar-refractivity contribution in [2.45, 2.75) is 96.1 Å². The first kappa shape index (κ1) is 16.3. The Morgan fingerprint density at radius 2 is 1.75 bits per heavy atom. The van der Waals surface area contributed by atoms with Crippen molar-refractivity contribution in [1.29, 1.82) is 0 Å². The van der Waals surface area contributed by atoms with Gasteiger partial charge in [-0.3, -0.25) is 4.90 Å². The molecule has 1 spiro atoms. The van der Waals surface area contributed by atoms with E-state index in [2.05, 4.69) is 24.1 Å². The van der Waals surface area contributed by atoms with E-state index in [1.54, 1.807) is 0 Å². The largest absolute Gasteiger partial charge is 0.311 e. The number of nitrogens with one attached hydrogen (secondary N) is 1. The molecule has 1 unspecified atom stereocenters. The molecule has 0 amide bonds. The van der Waals surface area contributed by atoms with Crippen LogP contribution >= 0.6 is 0 Å². The van der Waals surface area contributed by atoms with Gasteiger partial charge in [0.25, 0.3) is 0 Å². The third-order valence-electron chi connectivity index (χ3n) is 5.53. The van der Waals surface area contributed by atoms with E-state index in [1.807, 2.05) is 0 Å². The number of piperazine rings is 1. The molecule has 2 aliphatic rings. The normalized spacial score (nSPS) is 26.4. The van der Waals surface area contributed by atoms with Crippen molar-refractivity contribution in [3.05, 3.63) is 0 Å². The molecular formula is C18H36N2. The second kappa shape index (κ2) is 8.38. The molecule has 0 bridgehead atoms. The lowest BCUT2D eigenvalue weighted by Gasteiger charge is -2.48. The monoisotopic (exact) mass is 280 g/mol. The van der Waals surface area contributed by atoms with Gasteiger partial charge in [-0.25, -0.2) is 0 Å². The van der Waals surface area contributed by atoms with Crippen LogP contribution in [0.1, 0.15) is 84.5 Å². The van der Waals surface area contributed by atoms with Crippen molar-refractivity contribution in [1.82, 2.24) is 10.2 Å². The summed E-state index contributed by atoms with van der Waals surface area (Å²) in [7, 11) is 0. The van der Waals surface area contributed by atoms with Crippen molar-refractivity contribution in [3.63, 3.8) is 0 Å². The molecule has 1 saturated heterocycles. The molecule has 20 heavy (non-hydrogen) atoms. The standard InChI is InChI=1S/C18H36N2/c1-3-5-6-7-10-14-20-15-17(11-4-2)19-16-18(20)12-8-9-13-18/h17,19H,3-16H2,1-2H3. The summed E-state index contributed by atoms with van der Waals surface area (Å²) in [5.74, 6) is 0. The molecule has 0 aromatic heterocycles. The Bertz CT molecular complexity index is 258. The van der Waals surface area contributed by atoms with Gasteiger partial charge in [-0.15, -0.1) is 0 Å². The van der Waals surface area contributed by atoms with Crippen LogP contribution < -0.4 is 5.32 Å². The Hall–Kier alpha value is -0.0800. The average molecular weight is 281 g/mol.